The molecule has 1 N–H and O–H groups in total. The minimum atomic E-state index is -0.861. The first-order valence-electron chi connectivity index (χ1n) is 5.04. The predicted molar refractivity (Wildman–Crippen MR) is 74.4 cm³/mol. The van der Waals surface area contributed by atoms with E-state index in [2.05, 4.69) is 0 Å². The molecule has 0 spiro atoms. The van der Waals surface area contributed by atoms with Gasteiger partial charge in [0, 0.05) is 12.0 Å². The molecule has 1 heterocycles. The molecule has 0 saturated carbocycles. The second-order valence-corrected chi connectivity index (χ2v) is 6.38. The van der Waals surface area contributed by atoms with E-state index >= 15 is 0 Å². The smallest absolute Gasteiger partial charge is 0.142 e. The monoisotopic (exact) mass is 324 g/mol. The normalized spacial score (nSPS) is 12.7. The lowest BCUT2D eigenvalue weighted by Crippen LogP contribution is -2.02. The van der Waals surface area contributed by atoms with Gasteiger partial charge in [-0.25, -0.2) is 4.39 Å². The Morgan fingerprint density at radius 2 is 2.00 bits per heavy atom. The summed E-state index contributed by atoms with van der Waals surface area (Å²) in [4.78, 5) is 0. The lowest BCUT2D eigenvalue weighted by molar-refractivity contribution is 0.179. The fraction of sp³-hybridized carbons (Fsp3) is 0.167. The van der Waals surface area contributed by atoms with Gasteiger partial charge in [-0.05, 0) is 17.7 Å². The highest BCUT2D eigenvalue weighted by Crippen LogP contribution is 2.36. The van der Waals surface area contributed by atoms with Gasteiger partial charge in [0.2, 0.25) is 0 Å². The van der Waals surface area contributed by atoms with Crippen molar-refractivity contribution < 1.29 is 9.50 Å². The van der Waals surface area contributed by atoms with Crippen LogP contribution in [-0.4, -0.2) is 5.11 Å². The molecule has 1 aromatic heterocycles. The summed E-state index contributed by atoms with van der Waals surface area (Å²) < 4.78 is 14.2. The van der Waals surface area contributed by atoms with E-state index in [0.717, 1.165) is 0 Å². The first kappa shape index (κ1) is 14.1. The third-order valence-corrected chi connectivity index (χ3v) is 4.43. The molecule has 0 saturated heterocycles. The Bertz CT molecular complexity index is 570. The quantitative estimate of drug-likeness (QED) is 0.830. The van der Waals surface area contributed by atoms with Crippen molar-refractivity contribution >= 4 is 46.1 Å². The van der Waals surface area contributed by atoms with Crippen molar-refractivity contribution in [3.05, 3.63) is 54.9 Å². The average molecular weight is 326 g/mol. The summed E-state index contributed by atoms with van der Waals surface area (Å²) in [6.07, 6.45) is -0.677. The van der Waals surface area contributed by atoms with Crippen LogP contribution in [0.1, 0.15) is 17.2 Å². The van der Waals surface area contributed by atoms with Crippen molar-refractivity contribution in [3.8, 4) is 0 Å². The van der Waals surface area contributed by atoms with Gasteiger partial charge in [-0.15, -0.1) is 11.3 Å². The van der Waals surface area contributed by atoms with Crippen LogP contribution in [0.3, 0.4) is 0 Å². The topological polar surface area (TPSA) is 20.2 Å². The Labute approximate surface area is 123 Å². The van der Waals surface area contributed by atoms with Crippen molar-refractivity contribution in [1.29, 1.82) is 0 Å². The van der Waals surface area contributed by atoms with Crippen LogP contribution in [0.15, 0.2) is 24.3 Å². The molecule has 0 amide bonds. The first-order valence-corrected chi connectivity index (χ1v) is 6.99. The molecular formula is C12H8Cl3FOS. The Morgan fingerprint density at radius 1 is 1.28 bits per heavy atom. The van der Waals surface area contributed by atoms with E-state index in [1.54, 1.807) is 18.2 Å². The Kier molecular flexibility index (Phi) is 4.51. The summed E-state index contributed by atoms with van der Waals surface area (Å²) >= 11 is 18.8. The van der Waals surface area contributed by atoms with Gasteiger partial charge in [0.15, 0.2) is 0 Å². The Morgan fingerprint density at radius 3 is 2.61 bits per heavy atom. The van der Waals surface area contributed by atoms with Gasteiger partial charge in [-0.1, -0.05) is 46.9 Å². The van der Waals surface area contributed by atoms with Crippen LogP contribution in [0.2, 0.25) is 13.7 Å². The number of hydrogen-bond donors (Lipinski definition) is 1. The van der Waals surface area contributed by atoms with E-state index in [0.29, 0.717) is 19.8 Å². The number of aliphatic hydroxyl groups is 1. The van der Waals surface area contributed by atoms with Crippen LogP contribution >= 0.6 is 46.1 Å². The van der Waals surface area contributed by atoms with Crippen molar-refractivity contribution in [1.82, 2.24) is 0 Å². The number of halogens is 4. The number of thiophene rings is 1. The molecule has 0 fully saturated rings. The maximum Gasteiger partial charge on any atom is 0.142 e. The molecule has 0 aliphatic carbocycles. The Hall–Kier alpha value is -0.320. The van der Waals surface area contributed by atoms with Crippen molar-refractivity contribution in [2.45, 2.75) is 12.5 Å². The number of benzene rings is 1. The molecule has 96 valence electrons. The van der Waals surface area contributed by atoms with Gasteiger partial charge >= 0.3 is 0 Å². The van der Waals surface area contributed by atoms with Gasteiger partial charge in [-0.2, -0.15) is 0 Å². The van der Waals surface area contributed by atoms with E-state index in [4.69, 9.17) is 34.8 Å². The summed E-state index contributed by atoms with van der Waals surface area (Å²) in [5.74, 6) is -0.504. The zero-order valence-electron chi connectivity index (χ0n) is 8.96. The summed E-state index contributed by atoms with van der Waals surface area (Å²) in [6.45, 7) is 0. The second kappa shape index (κ2) is 5.76. The summed E-state index contributed by atoms with van der Waals surface area (Å²) in [7, 11) is 0. The lowest BCUT2D eigenvalue weighted by Gasteiger charge is -2.11. The number of aliphatic hydroxyl groups excluding tert-OH is 1. The molecule has 0 bridgehead atoms. The van der Waals surface area contributed by atoms with Crippen molar-refractivity contribution in [2.24, 2.45) is 0 Å². The third kappa shape index (κ3) is 2.98. The third-order valence-electron chi connectivity index (χ3n) is 2.49. The maximum atomic E-state index is 13.3. The largest absolute Gasteiger partial charge is 0.388 e. The fourth-order valence-electron chi connectivity index (χ4n) is 1.60. The molecule has 0 aliphatic heterocycles. The highest BCUT2D eigenvalue weighted by molar-refractivity contribution is 7.20. The van der Waals surface area contributed by atoms with E-state index < -0.39 is 11.9 Å². The molecule has 0 aliphatic rings. The number of rotatable bonds is 3. The molecule has 6 heteroatoms. The lowest BCUT2D eigenvalue weighted by atomic mass is 10.0. The highest BCUT2D eigenvalue weighted by atomic mass is 35.5. The first-order chi connectivity index (χ1) is 8.49. The van der Waals surface area contributed by atoms with Crippen LogP contribution in [0.25, 0.3) is 0 Å². The molecule has 1 nitrogen and oxygen atoms in total. The molecule has 1 unspecified atom stereocenters. The van der Waals surface area contributed by atoms with E-state index in [1.807, 2.05) is 0 Å². The fourth-order valence-corrected chi connectivity index (χ4v) is 3.37. The van der Waals surface area contributed by atoms with Crippen LogP contribution in [0.4, 0.5) is 4.39 Å². The molecule has 1 atom stereocenters. The van der Waals surface area contributed by atoms with Crippen LogP contribution in [0, 0.1) is 5.82 Å². The molecule has 18 heavy (non-hydrogen) atoms. The second-order valence-electron chi connectivity index (χ2n) is 3.71. The zero-order valence-corrected chi connectivity index (χ0v) is 12.0. The molecule has 2 aromatic rings. The van der Waals surface area contributed by atoms with Gasteiger partial charge in [0.1, 0.15) is 10.2 Å². The molecular weight excluding hydrogens is 318 g/mol. The standard InChI is InChI=1S/C12H8Cl3FOS/c13-10-5-7(12(15)18-10)9(17)4-6-2-1-3-8(16)11(6)14/h1-3,5,9,17H,4H2. The van der Waals surface area contributed by atoms with Crippen LogP contribution in [0.5, 0.6) is 0 Å². The molecule has 1 aromatic carbocycles. The summed E-state index contributed by atoms with van der Waals surface area (Å²) in [5.41, 5.74) is 1.06. The zero-order chi connectivity index (χ0) is 13.3. The van der Waals surface area contributed by atoms with E-state index in [1.165, 1.54) is 17.4 Å². The summed E-state index contributed by atoms with van der Waals surface area (Å²) in [5, 5.41) is 10.1. The maximum absolute atomic E-state index is 13.3. The SMILES string of the molecule is OC(Cc1cccc(F)c1Cl)c1cc(Cl)sc1Cl. The average Bonchev–Trinajstić information content (AvgIpc) is 2.64. The van der Waals surface area contributed by atoms with Gasteiger partial charge in [0.05, 0.1) is 15.5 Å². The van der Waals surface area contributed by atoms with E-state index in [-0.39, 0.29) is 11.4 Å². The predicted octanol–water partition coefficient (Wildman–Crippen LogP) is 5.12. The van der Waals surface area contributed by atoms with Gasteiger partial charge in [0.25, 0.3) is 0 Å². The van der Waals surface area contributed by atoms with Crippen LogP contribution in [-0.2, 0) is 6.42 Å². The molecule has 2 rings (SSSR count). The Balaban J connectivity index is 2.24. The highest BCUT2D eigenvalue weighted by Gasteiger charge is 2.17. The minimum absolute atomic E-state index is 0.0222. The molecule has 0 radical (unpaired) electrons. The summed E-state index contributed by atoms with van der Waals surface area (Å²) in [6, 6.07) is 6.08. The number of hydrogen-bond acceptors (Lipinski definition) is 2. The van der Waals surface area contributed by atoms with Gasteiger partial charge in [-0.3, -0.25) is 0 Å². The van der Waals surface area contributed by atoms with Crippen molar-refractivity contribution in [3.63, 3.8) is 0 Å². The van der Waals surface area contributed by atoms with Gasteiger partial charge < -0.3 is 5.11 Å². The minimum Gasteiger partial charge on any atom is -0.388 e. The van der Waals surface area contributed by atoms with Crippen molar-refractivity contribution in [2.75, 3.05) is 0 Å². The van der Waals surface area contributed by atoms with Crippen LogP contribution < -0.4 is 0 Å². The van der Waals surface area contributed by atoms with E-state index in [9.17, 15) is 9.50 Å².